The van der Waals surface area contributed by atoms with Crippen LogP contribution in [0.3, 0.4) is 0 Å². The Morgan fingerprint density at radius 3 is 2.45 bits per heavy atom. The average Bonchev–Trinajstić information content (AvgIpc) is 3.33. The van der Waals surface area contributed by atoms with Crippen LogP contribution in [0.25, 0.3) is 11.0 Å². The molecule has 10 heteroatoms. The monoisotopic (exact) mass is 607 g/mol. The summed E-state index contributed by atoms with van der Waals surface area (Å²) in [5, 5.41) is 16.3. The number of rotatable bonds is 10. The van der Waals surface area contributed by atoms with E-state index in [9.17, 15) is 19.1 Å². The summed E-state index contributed by atoms with van der Waals surface area (Å²) >= 11 is 0. The molecule has 1 saturated carbocycles. The minimum Gasteiger partial charge on any atom is -0.492 e. The van der Waals surface area contributed by atoms with Crippen LogP contribution in [-0.4, -0.2) is 69.3 Å². The SMILES string of the molecule is CC(C)NC(=O)C1CCC(n2c(NC(=O)c3cccc(F)c3)nc3ccc(OCCN4CCC(C(C)(C)O)CC4)cc32)CC1. The number of hydrogen-bond acceptors (Lipinski definition) is 6. The highest BCUT2D eigenvalue weighted by atomic mass is 19.1. The molecule has 1 aliphatic heterocycles. The van der Waals surface area contributed by atoms with Gasteiger partial charge in [0.2, 0.25) is 11.9 Å². The number of halogens is 1. The third-order valence-corrected chi connectivity index (χ3v) is 9.10. The molecule has 0 unspecified atom stereocenters. The van der Waals surface area contributed by atoms with Gasteiger partial charge in [0.05, 0.1) is 16.6 Å². The Morgan fingerprint density at radius 2 is 1.80 bits per heavy atom. The Hall–Kier alpha value is -3.50. The second-order valence-electron chi connectivity index (χ2n) is 13.2. The smallest absolute Gasteiger partial charge is 0.258 e. The molecule has 0 bridgehead atoms. The number of carbonyl (C=O) groups is 2. The Labute approximate surface area is 259 Å². The van der Waals surface area contributed by atoms with Crippen molar-refractivity contribution in [1.82, 2.24) is 19.8 Å². The molecule has 2 aromatic carbocycles. The van der Waals surface area contributed by atoms with Crippen LogP contribution in [0.4, 0.5) is 10.3 Å². The molecule has 0 radical (unpaired) electrons. The van der Waals surface area contributed by atoms with Crippen molar-refractivity contribution in [2.75, 3.05) is 31.6 Å². The van der Waals surface area contributed by atoms with Crippen LogP contribution in [0.1, 0.15) is 82.6 Å². The number of nitrogens with zero attached hydrogens (tertiary/aromatic N) is 3. The molecule has 5 rings (SSSR count). The van der Waals surface area contributed by atoms with Gasteiger partial charge in [-0.25, -0.2) is 9.37 Å². The van der Waals surface area contributed by atoms with E-state index in [1.807, 2.05) is 45.9 Å². The van der Waals surface area contributed by atoms with Gasteiger partial charge >= 0.3 is 0 Å². The summed E-state index contributed by atoms with van der Waals surface area (Å²) < 4.78 is 22.1. The first kappa shape index (κ1) is 31.9. The summed E-state index contributed by atoms with van der Waals surface area (Å²) in [5.41, 5.74) is 1.14. The van der Waals surface area contributed by atoms with Crippen LogP contribution >= 0.6 is 0 Å². The number of amides is 2. The van der Waals surface area contributed by atoms with Gasteiger partial charge in [0.25, 0.3) is 5.91 Å². The fourth-order valence-electron chi connectivity index (χ4n) is 6.58. The minimum absolute atomic E-state index is 0.0261. The van der Waals surface area contributed by atoms with Gasteiger partial charge in [-0.3, -0.25) is 19.8 Å². The first-order valence-corrected chi connectivity index (χ1v) is 15.9. The van der Waals surface area contributed by atoms with Crippen molar-refractivity contribution in [3.8, 4) is 5.75 Å². The number of aromatic nitrogens is 2. The van der Waals surface area contributed by atoms with Crippen LogP contribution in [0.2, 0.25) is 0 Å². The first-order valence-electron chi connectivity index (χ1n) is 15.9. The van der Waals surface area contributed by atoms with Crippen molar-refractivity contribution in [3.05, 3.63) is 53.8 Å². The maximum Gasteiger partial charge on any atom is 0.258 e. The maximum absolute atomic E-state index is 13.9. The zero-order chi connectivity index (χ0) is 31.4. The average molecular weight is 608 g/mol. The van der Waals surface area contributed by atoms with E-state index in [1.165, 1.54) is 18.2 Å². The fraction of sp³-hybridized carbons (Fsp3) is 0.559. The predicted octanol–water partition coefficient (Wildman–Crippen LogP) is 5.55. The third kappa shape index (κ3) is 7.77. The van der Waals surface area contributed by atoms with E-state index in [-0.39, 0.29) is 29.5 Å². The van der Waals surface area contributed by atoms with Gasteiger partial charge in [-0.2, -0.15) is 0 Å². The van der Waals surface area contributed by atoms with Gasteiger partial charge in [-0.05, 0) is 116 Å². The van der Waals surface area contributed by atoms with Crippen molar-refractivity contribution in [3.63, 3.8) is 0 Å². The molecule has 0 spiro atoms. The molecule has 2 aliphatic rings. The molecule has 3 N–H and O–H groups in total. The predicted molar refractivity (Wildman–Crippen MR) is 169 cm³/mol. The molecule has 0 atom stereocenters. The fourth-order valence-corrected chi connectivity index (χ4v) is 6.58. The summed E-state index contributed by atoms with van der Waals surface area (Å²) in [7, 11) is 0. The zero-order valence-electron chi connectivity index (χ0n) is 26.3. The summed E-state index contributed by atoms with van der Waals surface area (Å²) in [6.45, 7) is 10.9. The molecule has 2 fully saturated rings. The van der Waals surface area contributed by atoms with Gasteiger partial charge in [0.15, 0.2) is 0 Å². The number of imidazole rings is 1. The molecule has 44 heavy (non-hydrogen) atoms. The van der Waals surface area contributed by atoms with Crippen LogP contribution in [0.5, 0.6) is 5.75 Å². The second-order valence-corrected chi connectivity index (χ2v) is 13.2. The highest BCUT2D eigenvalue weighted by molar-refractivity contribution is 6.04. The Kier molecular flexibility index (Phi) is 9.90. The van der Waals surface area contributed by atoms with Crippen LogP contribution in [0, 0.1) is 17.7 Å². The van der Waals surface area contributed by atoms with Gasteiger partial charge < -0.3 is 19.7 Å². The number of anilines is 1. The van der Waals surface area contributed by atoms with E-state index in [0.29, 0.717) is 18.5 Å². The maximum atomic E-state index is 13.9. The highest BCUT2D eigenvalue weighted by Crippen LogP contribution is 2.38. The lowest BCUT2D eigenvalue weighted by Crippen LogP contribution is -2.43. The molecule has 1 saturated heterocycles. The van der Waals surface area contributed by atoms with Gasteiger partial charge in [0.1, 0.15) is 18.2 Å². The summed E-state index contributed by atoms with van der Waals surface area (Å²) in [5.74, 6) is 0.574. The van der Waals surface area contributed by atoms with Gasteiger partial charge in [-0.15, -0.1) is 0 Å². The largest absolute Gasteiger partial charge is 0.492 e. The minimum atomic E-state index is -0.643. The molecule has 238 valence electrons. The third-order valence-electron chi connectivity index (χ3n) is 9.10. The van der Waals surface area contributed by atoms with Gasteiger partial charge in [-0.1, -0.05) is 6.07 Å². The molecular weight excluding hydrogens is 561 g/mol. The Bertz CT molecular complexity index is 1450. The Morgan fingerprint density at radius 1 is 1.07 bits per heavy atom. The topological polar surface area (TPSA) is 109 Å². The van der Waals surface area contributed by atoms with E-state index in [0.717, 1.165) is 74.9 Å². The molecule has 2 heterocycles. The summed E-state index contributed by atoms with van der Waals surface area (Å²) in [6.07, 6.45) is 4.94. The number of nitrogens with one attached hydrogen (secondary N) is 2. The number of benzene rings is 2. The van der Waals surface area contributed by atoms with Gasteiger partial charge in [0, 0.05) is 36.2 Å². The van der Waals surface area contributed by atoms with E-state index in [1.54, 1.807) is 6.07 Å². The quantitative estimate of drug-likeness (QED) is 0.279. The lowest BCUT2D eigenvalue weighted by Gasteiger charge is -2.37. The van der Waals surface area contributed by atoms with Crippen LogP contribution in [-0.2, 0) is 4.79 Å². The van der Waals surface area contributed by atoms with Crippen molar-refractivity contribution < 1.29 is 23.8 Å². The van der Waals surface area contributed by atoms with E-state index in [4.69, 9.17) is 9.72 Å². The zero-order valence-corrected chi connectivity index (χ0v) is 26.3. The number of piperidine rings is 1. The van der Waals surface area contributed by atoms with Crippen molar-refractivity contribution >= 4 is 28.8 Å². The summed E-state index contributed by atoms with van der Waals surface area (Å²) in [6, 6.07) is 11.5. The normalized spacial score (nSPS) is 20.2. The Balaban J connectivity index is 1.32. The van der Waals surface area contributed by atoms with Crippen molar-refractivity contribution in [2.45, 2.75) is 83.9 Å². The number of carbonyl (C=O) groups excluding carboxylic acids is 2. The molecule has 2 amide bonds. The molecule has 1 aliphatic carbocycles. The lowest BCUT2D eigenvalue weighted by molar-refractivity contribution is -0.126. The van der Waals surface area contributed by atoms with E-state index < -0.39 is 17.3 Å². The number of likely N-dealkylation sites (tertiary alicyclic amines) is 1. The standard InChI is InChI=1S/C34H46FN5O4/c1-22(2)36-31(41)23-8-10-27(11-9-23)40-30-21-28(44-19-18-39-16-14-25(15-17-39)34(3,4)43)12-13-29(30)37-33(40)38-32(42)24-6-5-7-26(35)20-24/h5-7,12-13,20-23,25,27,43H,8-11,14-19H2,1-4H3,(H,36,41)(H,37,38,42). The molecular formula is C34H46FN5O4. The highest BCUT2D eigenvalue weighted by Gasteiger charge is 2.31. The van der Waals surface area contributed by atoms with Crippen LogP contribution in [0.15, 0.2) is 42.5 Å². The van der Waals surface area contributed by atoms with E-state index >= 15 is 0 Å². The number of fused-ring (bicyclic) bond motifs is 1. The lowest BCUT2D eigenvalue weighted by atomic mass is 9.83. The molecule has 1 aromatic heterocycles. The van der Waals surface area contributed by atoms with E-state index in [2.05, 4.69) is 20.1 Å². The van der Waals surface area contributed by atoms with Crippen LogP contribution < -0.4 is 15.4 Å². The number of aliphatic hydroxyl groups is 1. The number of ether oxygens (including phenoxy) is 1. The second kappa shape index (κ2) is 13.6. The van der Waals surface area contributed by atoms with Crippen molar-refractivity contribution in [1.29, 1.82) is 0 Å². The molecule has 3 aromatic rings. The number of hydrogen-bond donors (Lipinski definition) is 3. The first-order chi connectivity index (χ1) is 21.0. The van der Waals surface area contributed by atoms with Crippen molar-refractivity contribution in [2.24, 2.45) is 11.8 Å². The molecule has 9 nitrogen and oxygen atoms in total. The summed E-state index contributed by atoms with van der Waals surface area (Å²) in [4.78, 5) is 32.9.